The van der Waals surface area contributed by atoms with Crippen LogP contribution in [0.5, 0.6) is 0 Å². The molecule has 0 unspecified atom stereocenters. The summed E-state index contributed by atoms with van der Waals surface area (Å²) in [5.41, 5.74) is 1.41. The quantitative estimate of drug-likeness (QED) is 0.515. The average Bonchev–Trinajstić information content (AvgIpc) is 2.41. The fraction of sp³-hybridized carbons (Fsp3) is 0.500. The van der Waals surface area contributed by atoms with Crippen LogP contribution >= 0.6 is 0 Å². The van der Waals surface area contributed by atoms with Crippen molar-refractivity contribution in [2.45, 2.75) is 51.4 Å². The molecule has 0 bridgehead atoms. The van der Waals surface area contributed by atoms with Gasteiger partial charge in [0.05, 0.1) is 5.41 Å². The van der Waals surface area contributed by atoms with E-state index < -0.39 is 10.1 Å². The minimum atomic E-state index is -3.94. The Morgan fingerprint density at radius 2 is 1.50 bits per heavy atom. The van der Waals surface area contributed by atoms with Gasteiger partial charge in [-0.15, -0.1) is 0 Å². The highest BCUT2D eigenvalue weighted by molar-refractivity contribution is 7.88. The first-order valence-corrected chi connectivity index (χ1v) is 8.76. The van der Waals surface area contributed by atoms with Gasteiger partial charge in [0, 0.05) is 0 Å². The van der Waals surface area contributed by atoms with Gasteiger partial charge < -0.3 is 0 Å². The molecule has 0 heterocycles. The predicted molar refractivity (Wildman–Crippen MR) is 83.2 cm³/mol. The van der Waals surface area contributed by atoms with Crippen molar-refractivity contribution < 1.29 is 13.0 Å². The highest BCUT2D eigenvalue weighted by atomic mass is 32.2. The van der Waals surface area contributed by atoms with Crippen LogP contribution in [0.15, 0.2) is 41.8 Å². The highest BCUT2D eigenvalue weighted by Gasteiger charge is 1.95. The molecule has 0 aromatic heterocycles. The van der Waals surface area contributed by atoms with Crippen molar-refractivity contribution in [1.29, 1.82) is 0 Å². The van der Waals surface area contributed by atoms with E-state index in [0.29, 0.717) is 6.42 Å². The molecule has 1 N–H and O–H groups in total. The summed E-state index contributed by atoms with van der Waals surface area (Å²) in [6, 6.07) is 10.5. The molecule has 0 saturated carbocycles. The second kappa shape index (κ2) is 9.72. The molecule has 1 aromatic carbocycles. The first kappa shape index (κ1) is 16.9. The molecule has 0 fully saturated rings. The predicted octanol–water partition coefficient (Wildman–Crippen LogP) is 4.36. The van der Waals surface area contributed by atoms with E-state index in [1.807, 2.05) is 6.07 Å². The zero-order chi connectivity index (χ0) is 14.7. The van der Waals surface area contributed by atoms with Gasteiger partial charge in [-0.25, -0.2) is 0 Å². The number of hydrogen-bond acceptors (Lipinski definition) is 2. The Labute approximate surface area is 122 Å². The van der Waals surface area contributed by atoms with Gasteiger partial charge in [-0.05, 0) is 31.2 Å². The molecule has 0 spiro atoms. The number of benzene rings is 1. The van der Waals surface area contributed by atoms with Crippen molar-refractivity contribution in [3.63, 3.8) is 0 Å². The fourth-order valence-electron chi connectivity index (χ4n) is 2.13. The summed E-state index contributed by atoms with van der Waals surface area (Å²) < 4.78 is 29.3. The lowest BCUT2D eigenvalue weighted by atomic mass is 10.0. The molecule has 0 radical (unpaired) electrons. The molecule has 0 aliphatic rings. The van der Waals surface area contributed by atoms with Gasteiger partial charge >= 0.3 is 0 Å². The monoisotopic (exact) mass is 296 g/mol. The smallest absolute Gasteiger partial charge is 0.282 e. The normalized spacial score (nSPS) is 12.1. The molecule has 0 aliphatic heterocycles. The van der Waals surface area contributed by atoms with Crippen LogP contribution in [0.2, 0.25) is 0 Å². The molecular formula is C16H24O3S. The molecule has 0 atom stereocenters. The average molecular weight is 296 g/mol. The van der Waals surface area contributed by atoms with E-state index in [1.165, 1.54) is 37.3 Å². The third kappa shape index (κ3) is 9.75. The van der Waals surface area contributed by atoms with Crippen molar-refractivity contribution >= 4 is 10.1 Å². The summed E-state index contributed by atoms with van der Waals surface area (Å²) in [4.78, 5) is 0. The van der Waals surface area contributed by atoms with Gasteiger partial charge in [0.2, 0.25) is 0 Å². The van der Waals surface area contributed by atoms with E-state index in [0.717, 1.165) is 24.7 Å². The third-order valence-corrected chi connectivity index (χ3v) is 3.73. The summed E-state index contributed by atoms with van der Waals surface area (Å²) in [7, 11) is -3.94. The van der Waals surface area contributed by atoms with Crippen molar-refractivity contribution in [3.8, 4) is 0 Å². The summed E-state index contributed by atoms with van der Waals surface area (Å²) in [6.07, 6.45) is 10.4. The van der Waals surface area contributed by atoms with E-state index in [9.17, 15) is 8.42 Å². The molecule has 112 valence electrons. The number of rotatable bonds is 10. The molecule has 0 amide bonds. The van der Waals surface area contributed by atoms with E-state index in [1.54, 1.807) is 0 Å². The Bertz CT molecular complexity index is 478. The highest BCUT2D eigenvalue weighted by Crippen LogP contribution is 2.10. The second-order valence-electron chi connectivity index (χ2n) is 5.03. The van der Waals surface area contributed by atoms with Crippen LogP contribution in [-0.2, 0) is 16.5 Å². The number of unbranched alkanes of at least 4 members (excludes halogenated alkanes) is 6. The van der Waals surface area contributed by atoms with E-state index in [2.05, 4.69) is 24.3 Å². The molecule has 0 saturated heterocycles. The van der Waals surface area contributed by atoms with Gasteiger partial charge in [0.15, 0.2) is 0 Å². The van der Waals surface area contributed by atoms with Crippen molar-refractivity contribution in [2.75, 3.05) is 0 Å². The van der Waals surface area contributed by atoms with Gasteiger partial charge in [-0.3, -0.25) is 4.55 Å². The van der Waals surface area contributed by atoms with Crippen LogP contribution in [0.3, 0.4) is 0 Å². The first-order chi connectivity index (χ1) is 9.58. The molecule has 20 heavy (non-hydrogen) atoms. The van der Waals surface area contributed by atoms with E-state index in [4.69, 9.17) is 4.55 Å². The van der Waals surface area contributed by atoms with Crippen LogP contribution in [0.1, 0.15) is 50.5 Å². The molecule has 3 nitrogen and oxygen atoms in total. The summed E-state index contributed by atoms with van der Waals surface area (Å²) in [5.74, 6) is 0. The lowest BCUT2D eigenvalue weighted by Crippen LogP contribution is -1.89. The Morgan fingerprint density at radius 3 is 2.15 bits per heavy atom. The van der Waals surface area contributed by atoms with Crippen molar-refractivity contribution in [2.24, 2.45) is 0 Å². The lowest BCUT2D eigenvalue weighted by molar-refractivity contribution is 0.494. The summed E-state index contributed by atoms with van der Waals surface area (Å²) in [5, 5.41) is 0.868. The molecular weight excluding hydrogens is 272 g/mol. The largest absolute Gasteiger partial charge is 0.287 e. The Morgan fingerprint density at radius 1 is 0.900 bits per heavy atom. The zero-order valence-electron chi connectivity index (χ0n) is 11.9. The van der Waals surface area contributed by atoms with Gasteiger partial charge in [0.1, 0.15) is 0 Å². The van der Waals surface area contributed by atoms with Gasteiger partial charge in [-0.2, -0.15) is 8.42 Å². The summed E-state index contributed by atoms with van der Waals surface area (Å²) in [6.45, 7) is 0. The number of allylic oxidation sites excluding steroid dienone is 1. The molecule has 1 rings (SSSR count). The van der Waals surface area contributed by atoms with Crippen LogP contribution in [0.4, 0.5) is 0 Å². The first-order valence-electron chi connectivity index (χ1n) is 7.26. The van der Waals surface area contributed by atoms with Crippen molar-refractivity contribution in [3.05, 3.63) is 47.4 Å². The Balaban J connectivity index is 1.92. The Kier molecular flexibility index (Phi) is 8.23. The maximum atomic E-state index is 10.4. The summed E-state index contributed by atoms with van der Waals surface area (Å²) >= 11 is 0. The zero-order valence-corrected chi connectivity index (χ0v) is 12.7. The maximum Gasteiger partial charge on any atom is 0.287 e. The minimum absolute atomic E-state index is 0.712. The Hall–Kier alpha value is -1.13. The fourth-order valence-corrected chi connectivity index (χ4v) is 2.51. The van der Waals surface area contributed by atoms with Crippen LogP contribution < -0.4 is 0 Å². The maximum absolute atomic E-state index is 10.4. The molecule has 1 aromatic rings. The molecule has 0 aliphatic carbocycles. The van der Waals surface area contributed by atoms with Crippen LogP contribution in [0, 0.1) is 0 Å². The lowest BCUT2D eigenvalue weighted by Gasteiger charge is -2.02. The van der Waals surface area contributed by atoms with E-state index in [-0.39, 0.29) is 0 Å². The van der Waals surface area contributed by atoms with Gasteiger partial charge in [0.25, 0.3) is 10.1 Å². The van der Waals surface area contributed by atoms with Crippen molar-refractivity contribution in [1.82, 2.24) is 0 Å². The minimum Gasteiger partial charge on any atom is -0.282 e. The van der Waals surface area contributed by atoms with Crippen LogP contribution in [-0.4, -0.2) is 13.0 Å². The third-order valence-electron chi connectivity index (χ3n) is 3.20. The molecule has 4 heteroatoms. The van der Waals surface area contributed by atoms with E-state index >= 15 is 0 Å². The van der Waals surface area contributed by atoms with Crippen LogP contribution in [0.25, 0.3) is 0 Å². The van der Waals surface area contributed by atoms with Gasteiger partial charge in [-0.1, -0.05) is 62.1 Å². The number of hydrogen-bond donors (Lipinski definition) is 1. The second-order valence-corrected chi connectivity index (χ2v) is 6.33. The number of aryl methyl sites for hydroxylation is 1. The topological polar surface area (TPSA) is 54.4 Å². The SMILES string of the molecule is O=S(=O)(O)C=CCCCCCCCCc1ccccc1. The standard InChI is InChI=1S/C16H24O3S/c17-20(18,19)15-11-6-4-2-1-3-5-8-12-16-13-9-7-10-14-16/h7,9-11,13-15H,1-6,8,12H2,(H,17,18,19).